The summed E-state index contributed by atoms with van der Waals surface area (Å²) in [5.41, 5.74) is 1.16. The van der Waals surface area contributed by atoms with E-state index in [1.54, 1.807) is 6.07 Å². The van der Waals surface area contributed by atoms with E-state index in [2.05, 4.69) is 17.6 Å². The number of rotatable bonds is 4. The van der Waals surface area contributed by atoms with E-state index >= 15 is 0 Å². The van der Waals surface area contributed by atoms with E-state index in [0.29, 0.717) is 10.6 Å². The molecule has 1 aromatic carbocycles. The molecule has 1 unspecified atom stereocenters. The van der Waals surface area contributed by atoms with Crippen molar-refractivity contribution in [3.8, 4) is 0 Å². The van der Waals surface area contributed by atoms with Crippen LogP contribution in [0.2, 0.25) is 5.02 Å². The average molecular weight is 367 g/mol. The fraction of sp³-hybridized carbons (Fsp3) is 0.650. The van der Waals surface area contributed by atoms with Gasteiger partial charge in [-0.15, -0.1) is 0 Å². The number of benzene rings is 1. The van der Waals surface area contributed by atoms with Gasteiger partial charge in [0.25, 0.3) is 0 Å². The van der Waals surface area contributed by atoms with E-state index in [9.17, 15) is 9.18 Å². The van der Waals surface area contributed by atoms with Gasteiger partial charge in [0.15, 0.2) is 0 Å². The van der Waals surface area contributed by atoms with Crippen molar-refractivity contribution in [2.75, 3.05) is 13.1 Å². The summed E-state index contributed by atoms with van der Waals surface area (Å²) in [6.07, 6.45) is 5.85. The van der Waals surface area contributed by atoms with E-state index in [0.717, 1.165) is 57.2 Å². The van der Waals surface area contributed by atoms with E-state index in [-0.39, 0.29) is 29.1 Å². The normalized spacial score (nSPS) is 21.9. The highest BCUT2D eigenvalue weighted by Gasteiger charge is 2.42. The monoisotopic (exact) mass is 366 g/mol. The number of amides is 1. The van der Waals surface area contributed by atoms with Gasteiger partial charge in [-0.25, -0.2) is 4.39 Å². The maximum absolute atomic E-state index is 14.8. The second kappa shape index (κ2) is 7.63. The molecule has 1 amide bonds. The van der Waals surface area contributed by atoms with Crippen LogP contribution in [0, 0.1) is 24.1 Å². The Labute approximate surface area is 154 Å². The highest BCUT2D eigenvalue weighted by atomic mass is 35.5. The minimum Gasteiger partial charge on any atom is -0.348 e. The molecular formula is C20H28ClFN2O. The van der Waals surface area contributed by atoms with Gasteiger partial charge < -0.3 is 10.6 Å². The molecule has 1 aromatic rings. The van der Waals surface area contributed by atoms with Gasteiger partial charge in [0.1, 0.15) is 5.82 Å². The van der Waals surface area contributed by atoms with Crippen molar-refractivity contribution < 1.29 is 9.18 Å². The first-order chi connectivity index (χ1) is 11.9. The van der Waals surface area contributed by atoms with Gasteiger partial charge in [-0.2, -0.15) is 0 Å². The van der Waals surface area contributed by atoms with Crippen molar-refractivity contribution in [2.45, 2.75) is 58.4 Å². The molecule has 0 aromatic heterocycles. The minimum atomic E-state index is -0.371. The standard InChI is InChI=1S/C20H28ClFN2O/c1-13-5-6-15(22)16(17(13)21)18(20(2)9-3-4-10-20)24-19(25)14-7-11-23-12-8-14/h5-6,14,18,23H,3-4,7-12H2,1-2H3,(H,24,25). The Morgan fingerprint density at radius 1 is 1.32 bits per heavy atom. The van der Waals surface area contributed by atoms with Gasteiger partial charge in [-0.1, -0.05) is 37.4 Å². The molecule has 1 aliphatic carbocycles. The Morgan fingerprint density at radius 3 is 2.60 bits per heavy atom. The van der Waals surface area contributed by atoms with Crippen LogP contribution in [-0.4, -0.2) is 19.0 Å². The molecule has 2 N–H and O–H groups in total. The van der Waals surface area contributed by atoms with Crippen molar-refractivity contribution in [2.24, 2.45) is 11.3 Å². The summed E-state index contributed by atoms with van der Waals surface area (Å²) in [4.78, 5) is 12.9. The van der Waals surface area contributed by atoms with Gasteiger partial charge in [0.05, 0.1) is 11.1 Å². The summed E-state index contributed by atoms with van der Waals surface area (Å²) in [5, 5.41) is 6.93. The Bertz CT molecular complexity index is 637. The predicted molar refractivity (Wildman–Crippen MR) is 99.2 cm³/mol. The molecule has 2 aliphatic rings. The summed E-state index contributed by atoms with van der Waals surface area (Å²) in [5.74, 6) is -0.281. The van der Waals surface area contributed by atoms with Crippen molar-refractivity contribution >= 4 is 17.5 Å². The van der Waals surface area contributed by atoms with E-state index in [4.69, 9.17) is 11.6 Å². The number of halogens is 2. The average Bonchev–Trinajstić information content (AvgIpc) is 3.06. The molecule has 2 fully saturated rings. The van der Waals surface area contributed by atoms with Crippen molar-refractivity contribution in [3.63, 3.8) is 0 Å². The molecule has 0 bridgehead atoms. The number of hydrogen-bond donors (Lipinski definition) is 2. The lowest BCUT2D eigenvalue weighted by molar-refractivity contribution is -0.127. The molecule has 138 valence electrons. The van der Waals surface area contributed by atoms with Crippen molar-refractivity contribution in [1.29, 1.82) is 0 Å². The minimum absolute atomic E-state index is 0.000369. The number of carbonyl (C=O) groups is 1. The Morgan fingerprint density at radius 2 is 1.96 bits per heavy atom. The summed E-state index contributed by atoms with van der Waals surface area (Å²) >= 11 is 6.50. The third-order valence-corrected chi connectivity index (χ3v) is 6.55. The van der Waals surface area contributed by atoms with Gasteiger partial charge in [-0.3, -0.25) is 4.79 Å². The first-order valence-electron chi connectivity index (χ1n) is 9.38. The van der Waals surface area contributed by atoms with Crippen LogP contribution in [-0.2, 0) is 4.79 Å². The maximum atomic E-state index is 14.8. The van der Waals surface area contributed by atoms with Gasteiger partial charge in [0.2, 0.25) is 5.91 Å². The number of carbonyl (C=O) groups excluding carboxylic acids is 1. The van der Waals surface area contributed by atoms with Crippen LogP contribution in [0.4, 0.5) is 4.39 Å². The molecule has 0 spiro atoms. The molecule has 1 atom stereocenters. The summed E-state index contributed by atoms with van der Waals surface area (Å²) in [6, 6.07) is 2.80. The Balaban J connectivity index is 1.93. The highest BCUT2D eigenvalue weighted by molar-refractivity contribution is 6.32. The van der Waals surface area contributed by atoms with Crippen molar-refractivity contribution in [3.05, 3.63) is 34.1 Å². The molecular weight excluding hydrogens is 339 g/mol. The number of aryl methyl sites for hydroxylation is 1. The third kappa shape index (κ3) is 3.85. The fourth-order valence-corrected chi connectivity index (χ4v) is 4.62. The summed E-state index contributed by atoms with van der Waals surface area (Å²) in [6.45, 7) is 5.76. The van der Waals surface area contributed by atoms with Crippen LogP contribution in [0.25, 0.3) is 0 Å². The summed E-state index contributed by atoms with van der Waals surface area (Å²) in [7, 11) is 0. The topological polar surface area (TPSA) is 41.1 Å². The zero-order valence-corrected chi connectivity index (χ0v) is 15.9. The second-order valence-corrected chi connectivity index (χ2v) is 8.30. The molecule has 5 heteroatoms. The molecule has 3 nitrogen and oxygen atoms in total. The molecule has 3 rings (SSSR count). The van der Waals surface area contributed by atoms with Crippen LogP contribution >= 0.6 is 11.6 Å². The lowest BCUT2D eigenvalue weighted by Gasteiger charge is -2.37. The lowest BCUT2D eigenvalue weighted by Crippen LogP contribution is -2.44. The van der Waals surface area contributed by atoms with Crippen molar-refractivity contribution in [1.82, 2.24) is 10.6 Å². The molecule has 25 heavy (non-hydrogen) atoms. The molecule has 0 radical (unpaired) electrons. The zero-order chi connectivity index (χ0) is 18.0. The largest absolute Gasteiger partial charge is 0.348 e. The van der Waals surface area contributed by atoms with Gasteiger partial charge in [-0.05, 0) is 62.7 Å². The molecule has 1 aliphatic heterocycles. The highest BCUT2D eigenvalue weighted by Crippen LogP contribution is 2.49. The van der Waals surface area contributed by atoms with E-state index in [1.165, 1.54) is 6.07 Å². The zero-order valence-electron chi connectivity index (χ0n) is 15.1. The second-order valence-electron chi connectivity index (χ2n) is 7.92. The van der Waals surface area contributed by atoms with Crippen LogP contribution < -0.4 is 10.6 Å². The number of nitrogens with one attached hydrogen (secondary N) is 2. The lowest BCUT2D eigenvalue weighted by atomic mass is 9.76. The fourth-order valence-electron chi connectivity index (χ4n) is 4.35. The Kier molecular flexibility index (Phi) is 5.69. The first-order valence-corrected chi connectivity index (χ1v) is 9.76. The quantitative estimate of drug-likeness (QED) is 0.822. The predicted octanol–water partition coefficient (Wildman–Crippen LogP) is 4.52. The smallest absolute Gasteiger partial charge is 0.223 e. The SMILES string of the molecule is Cc1ccc(F)c(C(NC(=O)C2CCNCC2)C2(C)CCCC2)c1Cl. The van der Waals surface area contributed by atoms with E-state index < -0.39 is 0 Å². The number of hydrogen-bond acceptors (Lipinski definition) is 2. The maximum Gasteiger partial charge on any atom is 0.223 e. The van der Waals surface area contributed by atoms with Gasteiger partial charge in [0, 0.05) is 11.5 Å². The first kappa shape index (κ1) is 18.7. The van der Waals surface area contributed by atoms with Crippen LogP contribution in [0.3, 0.4) is 0 Å². The van der Waals surface area contributed by atoms with Crippen LogP contribution in [0.5, 0.6) is 0 Å². The molecule has 1 heterocycles. The van der Waals surface area contributed by atoms with Crippen LogP contribution in [0.15, 0.2) is 12.1 Å². The molecule has 1 saturated heterocycles. The van der Waals surface area contributed by atoms with Gasteiger partial charge >= 0.3 is 0 Å². The third-order valence-electron chi connectivity index (χ3n) is 6.05. The summed E-state index contributed by atoms with van der Waals surface area (Å²) < 4.78 is 14.8. The van der Waals surface area contributed by atoms with E-state index in [1.807, 2.05) is 6.92 Å². The van der Waals surface area contributed by atoms with Crippen LogP contribution in [0.1, 0.15) is 62.6 Å². The number of piperidine rings is 1. The Hall–Kier alpha value is -1.13. The molecule has 1 saturated carbocycles.